The first-order valence-electron chi connectivity index (χ1n) is 9.36. The SMILES string of the molecule is COCCCN1C(=O)CSC1=Nc1cc(-n2c(=O)cc(C(F)(F)F)n(C)c2=O)c(F)cc1Cl. The van der Waals surface area contributed by atoms with Gasteiger partial charge in [-0.05, 0) is 18.6 Å². The number of methoxy groups -OCH3 is 1. The summed E-state index contributed by atoms with van der Waals surface area (Å²) in [5.74, 6) is -1.20. The molecule has 1 aromatic heterocycles. The number of carbonyl (C=O) groups excluding carboxylic acids is 1. The third-order valence-electron chi connectivity index (χ3n) is 4.67. The highest BCUT2D eigenvalue weighted by atomic mass is 35.5. The molecule has 178 valence electrons. The molecule has 1 amide bonds. The summed E-state index contributed by atoms with van der Waals surface area (Å²) in [5, 5.41) is 0.0838. The molecule has 0 saturated carbocycles. The Hall–Kier alpha value is -2.64. The predicted octanol–water partition coefficient (Wildman–Crippen LogP) is 2.95. The minimum atomic E-state index is -4.96. The Morgan fingerprint density at radius 1 is 1.21 bits per heavy atom. The fraction of sp³-hybridized carbons (Fsp3) is 0.368. The molecule has 33 heavy (non-hydrogen) atoms. The van der Waals surface area contributed by atoms with Gasteiger partial charge in [-0.25, -0.2) is 18.7 Å². The smallest absolute Gasteiger partial charge is 0.385 e. The van der Waals surface area contributed by atoms with E-state index in [4.69, 9.17) is 16.3 Å². The normalized spacial score (nSPS) is 15.7. The third-order valence-corrected chi connectivity index (χ3v) is 5.93. The zero-order valence-electron chi connectivity index (χ0n) is 17.3. The van der Waals surface area contributed by atoms with Crippen LogP contribution in [0, 0.1) is 5.82 Å². The van der Waals surface area contributed by atoms with Gasteiger partial charge in [-0.3, -0.25) is 19.1 Å². The lowest BCUT2D eigenvalue weighted by molar-refractivity contribution is -0.144. The summed E-state index contributed by atoms with van der Waals surface area (Å²) in [7, 11) is 2.33. The number of hydrogen-bond acceptors (Lipinski definition) is 6. The molecule has 1 aliphatic heterocycles. The highest BCUT2D eigenvalue weighted by Crippen LogP contribution is 2.33. The zero-order chi connectivity index (χ0) is 24.5. The summed E-state index contributed by atoms with van der Waals surface area (Å²) >= 11 is 7.19. The van der Waals surface area contributed by atoms with Crippen LogP contribution in [0.2, 0.25) is 5.02 Å². The Kier molecular flexibility index (Phi) is 7.34. The van der Waals surface area contributed by atoms with Gasteiger partial charge in [-0.15, -0.1) is 0 Å². The van der Waals surface area contributed by atoms with Crippen molar-refractivity contribution in [3.63, 3.8) is 0 Å². The van der Waals surface area contributed by atoms with Crippen LogP contribution in [0.15, 0.2) is 32.8 Å². The van der Waals surface area contributed by atoms with Crippen molar-refractivity contribution in [2.45, 2.75) is 12.6 Å². The minimum absolute atomic E-state index is 0.0733. The predicted molar refractivity (Wildman–Crippen MR) is 115 cm³/mol. The summed E-state index contributed by atoms with van der Waals surface area (Å²) in [6.07, 6.45) is -4.43. The molecule has 14 heteroatoms. The molecule has 0 atom stereocenters. The number of rotatable bonds is 6. The second-order valence-corrected chi connectivity index (χ2v) is 8.22. The van der Waals surface area contributed by atoms with Crippen molar-refractivity contribution >= 4 is 40.1 Å². The molecule has 8 nitrogen and oxygen atoms in total. The Morgan fingerprint density at radius 3 is 2.55 bits per heavy atom. The van der Waals surface area contributed by atoms with Gasteiger partial charge in [0.1, 0.15) is 11.5 Å². The lowest BCUT2D eigenvalue weighted by Gasteiger charge is -2.17. The number of halogens is 5. The van der Waals surface area contributed by atoms with Gasteiger partial charge in [0.25, 0.3) is 5.56 Å². The molecule has 3 rings (SSSR count). The van der Waals surface area contributed by atoms with Gasteiger partial charge in [0.2, 0.25) is 5.91 Å². The molecule has 1 saturated heterocycles. The number of thioether (sulfide) groups is 1. The highest BCUT2D eigenvalue weighted by molar-refractivity contribution is 8.15. The summed E-state index contributed by atoms with van der Waals surface area (Å²) in [6, 6.07) is 1.96. The quantitative estimate of drug-likeness (QED) is 0.442. The monoisotopic (exact) mass is 508 g/mol. The molecule has 0 bridgehead atoms. The molecule has 0 spiro atoms. The maximum absolute atomic E-state index is 14.7. The van der Waals surface area contributed by atoms with E-state index in [9.17, 15) is 31.9 Å². The average molecular weight is 509 g/mol. The topological polar surface area (TPSA) is 85.9 Å². The molecule has 0 aliphatic carbocycles. The Bertz CT molecular complexity index is 1240. The highest BCUT2D eigenvalue weighted by Gasteiger charge is 2.35. The van der Waals surface area contributed by atoms with Crippen molar-refractivity contribution in [2.75, 3.05) is 26.0 Å². The molecule has 2 aromatic rings. The molecular formula is C19H17ClF4N4O4S. The molecule has 1 fully saturated rings. The standard InChI is InChI=1S/C19H17ClF4N4O4S/c1-26-14(19(22,23)24)8-15(29)28(18(26)31)13-7-12(10(20)6-11(13)21)25-17-27(4-3-5-32-2)16(30)9-33-17/h6-8H,3-5,9H2,1-2H3. The fourth-order valence-electron chi connectivity index (χ4n) is 3.07. The molecule has 2 heterocycles. The van der Waals surface area contributed by atoms with Crippen molar-refractivity contribution < 1.29 is 27.1 Å². The van der Waals surface area contributed by atoms with Gasteiger partial charge in [-0.2, -0.15) is 13.2 Å². The van der Waals surface area contributed by atoms with E-state index in [1.54, 1.807) is 0 Å². The van der Waals surface area contributed by atoms with Crippen LogP contribution in [0.3, 0.4) is 0 Å². The van der Waals surface area contributed by atoms with E-state index in [1.807, 2.05) is 0 Å². The maximum atomic E-state index is 14.7. The fourth-order valence-corrected chi connectivity index (χ4v) is 4.19. The summed E-state index contributed by atoms with van der Waals surface area (Å²) in [4.78, 5) is 42.7. The summed E-state index contributed by atoms with van der Waals surface area (Å²) in [6.45, 7) is 0.715. The van der Waals surface area contributed by atoms with E-state index in [1.165, 1.54) is 12.0 Å². The number of hydrogen-bond donors (Lipinski definition) is 0. The number of amidine groups is 1. The van der Waals surface area contributed by atoms with E-state index in [-0.39, 0.29) is 42.7 Å². The van der Waals surface area contributed by atoms with E-state index < -0.39 is 34.6 Å². The number of benzene rings is 1. The van der Waals surface area contributed by atoms with Crippen molar-refractivity contribution in [2.24, 2.45) is 12.0 Å². The second kappa shape index (κ2) is 9.69. The van der Waals surface area contributed by atoms with E-state index in [0.717, 1.165) is 30.9 Å². The Balaban J connectivity index is 2.11. The van der Waals surface area contributed by atoms with Gasteiger partial charge in [0.05, 0.1) is 22.2 Å². The van der Waals surface area contributed by atoms with Crippen molar-refractivity contribution in [3.05, 3.63) is 55.6 Å². The van der Waals surface area contributed by atoms with Gasteiger partial charge in [0.15, 0.2) is 5.17 Å². The maximum Gasteiger partial charge on any atom is 0.431 e. The number of aromatic nitrogens is 2. The first-order chi connectivity index (χ1) is 15.5. The second-order valence-electron chi connectivity index (χ2n) is 6.87. The van der Waals surface area contributed by atoms with Crippen molar-refractivity contribution in [3.8, 4) is 5.69 Å². The minimum Gasteiger partial charge on any atom is -0.385 e. The number of amides is 1. The zero-order valence-corrected chi connectivity index (χ0v) is 18.9. The van der Waals surface area contributed by atoms with Crippen LogP contribution in [0.5, 0.6) is 0 Å². The number of nitrogens with zero attached hydrogens (tertiary/aromatic N) is 4. The van der Waals surface area contributed by atoms with Gasteiger partial charge < -0.3 is 4.74 Å². The summed E-state index contributed by atoms with van der Waals surface area (Å²) < 4.78 is 59.3. The van der Waals surface area contributed by atoms with Crippen LogP contribution >= 0.6 is 23.4 Å². The van der Waals surface area contributed by atoms with Crippen LogP contribution in [-0.4, -0.2) is 51.1 Å². The molecular weight excluding hydrogens is 492 g/mol. The average Bonchev–Trinajstić information content (AvgIpc) is 3.07. The number of carbonyl (C=O) groups is 1. The molecule has 0 unspecified atom stereocenters. The lowest BCUT2D eigenvalue weighted by atomic mass is 10.2. The third kappa shape index (κ3) is 5.14. The van der Waals surface area contributed by atoms with Gasteiger partial charge in [-0.1, -0.05) is 23.4 Å². The number of alkyl halides is 3. The first kappa shape index (κ1) is 25.0. The van der Waals surface area contributed by atoms with Crippen LogP contribution < -0.4 is 11.2 Å². The van der Waals surface area contributed by atoms with Gasteiger partial charge in [0, 0.05) is 33.4 Å². The number of aliphatic imine (C=N–C) groups is 1. The largest absolute Gasteiger partial charge is 0.431 e. The molecule has 1 aromatic carbocycles. The molecule has 0 radical (unpaired) electrons. The van der Waals surface area contributed by atoms with E-state index in [2.05, 4.69) is 4.99 Å². The molecule has 0 N–H and O–H groups in total. The Morgan fingerprint density at radius 2 is 1.91 bits per heavy atom. The Labute approximate surface area is 193 Å². The van der Waals surface area contributed by atoms with Crippen molar-refractivity contribution in [1.29, 1.82) is 0 Å². The van der Waals surface area contributed by atoms with Crippen molar-refractivity contribution in [1.82, 2.24) is 14.0 Å². The first-order valence-corrected chi connectivity index (χ1v) is 10.7. The number of ether oxygens (including phenoxy) is 1. The molecule has 1 aliphatic rings. The van der Waals surface area contributed by atoms with Crippen LogP contribution in [0.4, 0.5) is 23.2 Å². The van der Waals surface area contributed by atoms with Crippen LogP contribution in [-0.2, 0) is 22.8 Å². The van der Waals surface area contributed by atoms with Gasteiger partial charge >= 0.3 is 11.9 Å². The lowest BCUT2D eigenvalue weighted by Crippen LogP contribution is -2.41. The van der Waals surface area contributed by atoms with E-state index >= 15 is 0 Å². The van der Waals surface area contributed by atoms with E-state index in [0.29, 0.717) is 19.6 Å². The summed E-state index contributed by atoms with van der Waals surface area (Å²) in [5.41, 5.74) is -4.96. The van der Waals surface area contributed by atoms with Crippen LogP contribution in [0.25, 0.3) is 5.69 Å². The van der Waals surface area contributed by atoms with Crippen LogP contribution in [0.1, 0.15) is 12.1 Å².